The average molecular weight is 478 g/mol. The van der Waals surface area contributed by atoms with Crippen LogP contribution in [0.15, 0.2) is 53.6 Å². The van der Waals surface area contributed by atoms with Gasteiger partial charge in [-0.2, -0.15) is 4.98 Å². The Labute approximate surface area is 185 Å². The lowest BCUT2D eigenvalue weighted by Crippen LogP contribution is -2.20. The van der Waals surface area contributed by atoms with E-state index in [4.69, 9.17) is 33.0 Å². The Bertz CT molecular complexity index is 1400. The highest BCUT2D eigenvalue weighted by Gasteiger charge is 2.19. The van der Waals surface area contributed by atoms with Crippen LogP contribution in [-0.2, 0) is 11.6 Å². The summed E-state index contributed by atoms with van der Waals surface area (Å²) in [6, 6.07) is 9.28. The standard InChI is InChI=1S/C19H14Cl2N5O4P/c1-26-17-10(7-12(18(26)27)16-13(20)3-2-4-14(16)21)8-23-19(25-17)24-11-5-6-15(22-9-11)31(28,29)30/h2-9H,1H3,(H,23,24,25)(H2,28,29,30). The van der Waals surface area contributed by atoms with Crippen LogP contribution in [0.5, 0.6) is 0 Å². The van der Waals surface area contributed by atoms with Crippen molar-refractivity contribution < 1.29 is 14.4 Å². The van der Waals surface area contributed by atoms with E-state index in [0.29, 0.717) is 37.9 Å². The fraction of sp³-hybridized carbons (Fsp3) is 0.0526. The number of aryl methyl sites for hydroxylation is 1. The summed E-state index contributed by atoms with van der Waals surface area (Å²) in [5.74, 6) is 0.178. The van der Waals surface area contributed by atoms with Crippen molar-refractivity contribution in [1.29, 1.82) is 0 Å². The highest BCUT2D eigenvalue weighted by atomic mass is 35.5. The molecule has 3 aromatic heterocycles. The molecule has 0 atom stereocenters. The van der Waals surface area contributed by atoms with Crippen molar-refractivity contribution in [2.45, 2.75) is 0 Å². The van der Waals surface area contributed by atoms with Gasteiger partial charge in [0.25, 0.3) is 5.56 Å². The van der Waals surface area contributed by atoms with Crippen LogP contribution in [-0.4, -0.2) is 29.3 Å². The van der Waals surface area contributed by atoms with Gasteiger partial charge < -0.3 is 15.1 Å². The van der Waals surface area contributed by atoms with Gasteiger partial charge in [-0.25, -0.2) is 9.97 Å². The second-order valence-corrected chi connectivity index (χ2v) is 8.93. The average Bonchev–Trinajstić information content (AvgIpc) is 2.71. The molecule has 0 saturated heterocycles. The van der Waals surface area contributed by atoms with Crippen LogP contribution in [0.4, 0.5) is 11.6 Å². The second-order valence-electron chi connectivity index (χ2n) is 6.57. The van der Waals surface area contributed by atoms with Gasteiger partial charge >= 0.3 is 7.60 Å². The SMILES string of the molecule is Cn1c(=O)c(-c2c(Cl)cccc2Cl)cc2cnc(Nc3ccc(P(=O)(O)O)nc3)nc21. The van der Waals surface area contributed by atoms with Crippen molar-refractivity contribution in [3.63, 3.8) is 0 Å². The molecule has 0 aliphatic carbocycles. The first-order valence-electron chi connectivity index (χ1n) is 8.75. The summed E-state index contributed by atoms with van der Waals surface area (Å²) in [6.45, 7) is 0. The van der Waals surface area contributed by atoms with E-state index in [2.05, 4.69) is 20.3 Å². The number of benzene rings is 1. The van der Waals surface area contributed by atoms with E-state index in [1.54, 1.807) is 31.3 Å². The first-order valence-corrected chi connectivity index (χ1v) is 11.1. The molecule has 9 nitrogen and oxygen atoms in total. The van der Waals surface area contributed by atoms with E-state index in [0.717, 1.165) is 0 Å². The smallest absolute Gasteiger partial charge is 0.323 e. The third-order valence-electron chi connectivity index (χ3n) is 4.48. The van der Waals surface area contributed by atoms with E-state index in [1.165, 1.54) is 29.1 Å². The molecule has 0 aliphatic heterocycles. The molecule has 0 aliphatic rings. The summed E-state index contributed by atoms with van der Waals surface area (Å²) in [5, 5.41) is 4.19. The fourth-order valence-corrected chi connectivity index (χ4v) is 4.08. The molecule has 0 radical (unpaired) electrons. The molecule has 1 aromatic carbocycles. The van der Waals surface area contributed by atoms with Crippen molar-refractivity contribution in [2.24, 2.45) is 7.05 Å². The minimum atomic E-state index is -4.43. The van der Waals surface area contributed by atoms with E-state index in [1.807, 2.05) is 0 Å². The summed E-state index contributed by atoms with van der Waals surface area (Å²) in [7, 11) is -2.85. The first-order chi connectivity index (χ1) is 14.6. The van der Waals surface area contributed by atoms with Crippen LogP contribution in [0.25, 0.3) is 22.2 Å². The normalized spacial score (nSPS) is 11.6. The molecule has 31 heavy (non-hydrogen) atoms. The van der Waals surface area contributed by atoms with Gasteiger partial charge in [-0.3, -0.25) is 13.9 Å². The Morgan fingerprint density at radius 2 is 1.77 bits per heavy atom. The van der Waals surface area contributed by atoms with Crippen molar-refractivity contribution in [3.05, 3.63) is 69.2 Å². The van der Waals surface area contributed by atoms with Crippen LogP contribution in [0.1, 0.15) is 0 Å². The highest BCUT2D eigenvalue weighted by Crippen LogP contribution is 2.34. The predicted octanol–water partition coefficient (Wildman–Crippen LogP) is 3.24. The van der Waals surface area contributed by atoms with Gasteiger partial charge in [-0.15, -0.1) is 0 Å². The number of fused-ring (bicyclic) bond motifs is 1. The number of hydrogen-bond donors (Lipinski definition) is 3. The van der Waals surface area contributed by atoms with Gasteiger partial charge in [0.2, 0.25) is 5.95 Å². The van der Waals surface area contributed by atoms with Crippen LogP contribution in [0.3, 0.4) is 0 Å². The second kappa shape index (κ2) is 8.03. The summed E-state index contributed by atoms with van der Waals surface area (Å²) >= 11 is 12.5. The van der Waals surface area contributed by atoms with E-state index in [9.17, 15) is 9.36 Å². The van der Waals surface area contributed by atoms with Crippen LogP contribution >= 0.6 is 30.8 Å². The van der Waals surface area contributed by atoms with Crippen LogP contribution < -0.4 is 16.3 Å². The minimum absolute atomic E-state index is 0.178. The number of rotatable bonds is 4. The number of nitrogens with one attached hydrogen (secondary N) is 1. The molecule has 0 spiro atoms. The Morgan fingerprint density at radius 3 is 2.39 bits per heavy atom. The monoisotopic (exact) mass is 477 g/mol. The molecule has 12 heteroatoms. The fourth-order valence-electron chi connectivity index (χ4n) is 3.00. The number of halogens is 2. The summed E-state index contributed by atoms with van der Waals surface area (Å²) < 4.78 is 12.6. The quantitative estimate of drug-likeness (QED) is 0.381. The Kier molecular flexibility index (Phi) is 5.55. The maximum Gasteiger partial charge on any atom is 0.374 e. The van der Waals surface area contributed by atoms with Gasteiger partial charge in [0, 0.05) is 24.2 Å². The van der Waals surface area contributed by atoms with Crippen molar-refractivity contribution >= 4 is 58.9 Å². The van der Waals surface area contributed by atoms with Gasteiger partial charge in [0.1, 0.15) is 5.65 Å². The zero-order valence-electron chi connectivity index (χ0n) is 15.8. The minimum Gasteiger partial charge on any atom is -0.323 e. The molecular formula is C19H14Cl2N5O4P. The number of nitrogens with zero attached hydrogens (tertiary/aromatic N) is 4. The predicted molar refractivity (Wildman–Crippen MR) is 119 cm³/mol. The molecule has 4 rings (SSSR count). The number of hydrogen-bond acceptors (Lipinski definition) is 6. The molecule has 3 heterocycles. The number of pyridine rings is 2. The highest BCUT2D eigenvalue weighted by molar-refractivity contribution is 7.60. The first kappa shape index (κ1) is 21.4. The Morgan fingerprint density at radius 1 is 1.06 bits per heavy atom. The molecule has 0 saturated carbocycles. The maximum absolute atomic E-state index is 13.0. The zero-order chi connectivity index (χ0) is 22.3. The Balaban J connectivity index is 1.75. The lowest BCUT2D eigenvalue weighted by molar-refractivity contribution is 0.386. The molecule has 0 amide bonds. The van der Waals surface area contributed by atoms with Crippen LogP contribution in [0.2, 0.25) is 10.0 Å². The van der Waals surface area contributed by atoms with Crippen molar-refractivity contribution in [2.75, 3.05) is 5.32 Å². The molecule has 0 unspecified atom stereocenters. The van der Waals surface area contributed by atoms with Gasteiger partial charge in [-0.05, 0) is 30.3 Å². The van der Waals surface area contributed by atoms with Crippen LogP contribution in [0, 0.1) is 0 Å². The third-order valence-corrected chi connectivity index (χ3v) is 5.97. The molecule has 0 fully saturated rings. The number of aromatic nitrogens is 4. The third kappa shape index (κ3) is 4.19. The van der Waals surface area contributed by atoms with Gasteiger partial charge in [0.05, 0.1) is 27.5 Å². The van der Waals surface area contributed by atoms with E-state index >= 15 is 0 Å². The van der Waals surface area contributed by atoms with E-state index < -0.39 is 7.60 Å². The van der Waals surface area contributed by atoms with Crippen molar-refractivity contribution in [1.82, 2.24) is 19.5 Å². The molecule has 158 valence electrons. The molecule has 3 N–H and O–H groups in total. The molecular weight excluding hydrogens is 464 g/mol. The largest absolute Gasteiger partial charge is 0.374 e. The Hall–Kier alpha value is -2.81. The van der Waals surface area contributed by atoms with Gasteiger partial charge in [0.15, 0.2) is 5.44 Å². The topological polar surface area (TPSA) is 130 Å². The van der Waals surface area contributed by atoms with E-state index in [-0.39, 0.29) is 16.9 Å². The summed E-state index contributed by atoms with van der Waals surface area (Å²) in [5.41, 5.74) is 0.875. The maximum atomic E-state index is 13.0. The lowest BCUT2D eigenvalue weighted by atomic mass is 10.1. The summed E-state index contributed by atoms with van der Waals surface area (Å²) in [4.78, 5) is 43.6. The molecule has 0 bridgehead atoms. The molecule has 4 aromatic rings. The lowest BCUT2D eigenvalue weighted by Gasteiger charge is -2.12. The van der Waals surface area contributed by atoms with Crippen molar-refractivity contribution in [3.8, 4) is 11.1 Å². The number of anilines is 2. The zero-order valence-corrected chi connectivity index (χ0v) is 18.2. The van der Waals surface area contributed by atoms with Gasteiger partial charge in [-0.1, -0.05) is 29.3 Å². The summed E-state index contributed by atoms with van der Waals surface area (Å²) in [6.07, 6.45) is 2.79.